The molecule has 1 aliphatic rings. The Bertz CT molecular complexity index is 1320. The molecule has 0 saturated carbocycles. The van der Waals surface area contributed by atoms with E-state index in [0.717, 1.165) is 11.3 Å². The zero-order valence-electron chi connectivity index (χ0n) is 18.3. The molecule has 0 bridgehead atoms. The highest BCUT2D eigenvalue weighted by molar-refractivity contribution is 6.00. The van der Waals surface area contributed by atoms with Gasteiger partial charge in [0.15, 0.2) is 5.82 Å². The lowest BCUT2D eigenvalue weighted by molar-refractivity contribution is -0.125. The number of nitrogens with one attached hydrogen (secondary N) is 2. The highest BCUT2D eigenvalue weighted by Crippen LogP contribution is 2.29. The minimum absolute atomic E-state index is 0.0422. The second-order valence-corrected chi connectivity index (χ2v) is 7.63. The Balaban J connectivity index is 1.32. The molecular formula is C25H21N5O4. The summed E-state index contributed by atoms with van der Waals surface area (Å²) in [5.74, 6) is 2.04. The smallest absolute Gasteiger partial charge is 0.249 e. The fraction of sp³-hybridized carbons (Fsp3) is 0.120. The maximum absolute atomic E-state index is 13.1. The van der Waals surface area contributed by atoms with Crippen LogP contribution >= 0.6 is 0 Å². The normalized spacial score (nSPS) is 14.6. The lowest BCUT2D eigenvalue weighted by atomic mass is 10.1. The van der Waals surface area contributed by atoms with Crippen molar-refractivity contribution >= 4 is 23.5 Å². The van der Waals surface area contributed by atoms with Crippen molar-refractivity contribution in [3.05, 3.63) is 78.9 Å². The fourth-order valence-corrected chi connectivity index (χ4v) is 3.59. The van der Waals surface area contributed by atoms with Gasteiger partial charge in [-0.15, -0.1) is 5.10 Å². The number of hydrogen-bond donors (Lipinski definition) is 2. The van der Waals surface area contributed by atoms with Crippen LogP contribution in [0.2, 0.25) is 0 Å². The predicted octanol–water partition coefficient (Wildman–Crippen LogP) is 4.27. The number of aromatic nitrogens is 3. The molecule has 1 aromatic heterocycles. The third-order valence-corrected chi connectivity index (χ3v) is 5.31. The van der Waals surface area contributed by atoms with Gasteiger partial charge in [0, 0.05) is 11.3 Å². The molecule has 4 aromatic rings. The molecule has 0 fully saturated rings. The van der Waals surface area contributed by atoms with Crippen molar-refractivity contribution in [3.8, 4) is 28.6 Å². The lowest BCUT2D eigenvalue weighted by Crippen LogP contribution is -2.36. The molecular weight excluding hydrogens is 434 g/mol. The maximum atomic E-state index is 13.1. The Hall–Kier alpha value is -4.66. The molecule has 5 rings (SSSR count). The summed E-state index contributed by atoms with van der Waals surface area (Å²) in [4.78, 5) is 29.7. The Morgan fingerprint density at radius 1 is 0.971 bits per heavy atom. The van der Waals surface area contributed by atoms with E-state index in [1.54, 1.807) is 43.5 Å². The minimum atomic E-state index is -0.830. The lowest BCUT2D eigenvalue weighted by Gasteiger charge is -2.22. The number of fused-ring (bicyclic) bond motifs is 1. The van der Waals surface area contributed by atoms with Gasteiger partial charge in [0.05, 0.1) is 13.5 Å². The quantitative estimate of drug-likeness (QED) is 0.450. The van der Waals surface area contributed by atoms with E-state index in [4.69, 9.17) is 9.47 Å². The Labute approximate surface area is 195 Å². The first kappa shape index (κ1) is 21.2. The summed E-state index contributed by atoms with van der Waals surface area (Å²) in [6.45, 7) is 0. The van der Waals surface area contributed by atoms with Gasteiger partial charge in [-0.25, -0.2) is 4.68 Å². The Kier molecular flexibility index (Phi) is 5.65. The van der Waals surface area contributed by atoms with Crippen LogP contribution in [0.1, 0.15) is 12.5 Å². The summed E-state index contributed by atoms with van der Waals surface area (Å²) in [5, 5.41) is 10.0. The highest BCUT2D eigenvalue weighted by atomic mass is 16.5. The molecule has 9 nitrogen and oxygen atoms in total. The SMILES string of the molecule is COc1ccc(-c2nc3n(n2)C(C(=O)Nc2ccc(Oc4ccccc4)cc2)CC(=O)N3)cc1. The molecule has 2 amide bonds. The molecule has 2 heterocycles. The number of carbonyl (C=O) groups excluding carboxylic acids is 2. The van der Waals surface area contributed by atoms with Crippen LogP contribution in [0.5, 0.6) is 17.2 Å². The van der Waals surface area contributed by atoms with E-state index in [9.17, 15) is 9.59 Å². The van der Waals surface area contributed by atoms with E-state index in [1.807, 2.05) is 42.5 Å². The number of amides is 2. The van der Waals surface area contributed by atoms with Crippen molar-refractivity contribution in [2.24, 2.45) is 0 Å². The van der Waals surface area contributed by atoms with Crippen LogP contribution in [0.15, 0.2) is 78.9 Å². The van der Waals surface area contributed by atoms with Crippen LogP contribution in [0.4, 0.5) is 11.6 Å². The molecule has 2 N–H and O–H groups in total. The number of hydrogen-bond acceptors (Lipinski definition) is 6. The van der Waals surface area contributed by atoms with Gasteiger partial charge in [-0.2, -0.15) is 4.98 Å². The number of ether oxygens (including phenoxy) is 2. The third kappa shape index (κ3) is 4.44. The van der Waals surface area contributed by atoms with Crippen LogP contribution in [0.3, 0.4) is 0 Å². The molecule has 0 radical (unpaired) electrons. The number of para-hydroxylation sites is 1. The fourth-order valence-electron chi connectivity index (χ4n) is 3.59. The van der Waals surface area contributed by atoms with Crippen LogP contribution in [0, 0.1) is 0 Å². The molecule has 1 unspecified atom stereocenters. The molecule has 0 aliphatic carbocycles. The number of benzene rings is 3. The molecule has 34 heavy (non-hydrogen) atoms. The van der Waals surface area contributed by atoms with Crippen LogP contribution in [-0.2, 0) is 9.59 Å². The second kappa shape index (κ2) is 9.07. The number of rotatable bonds is 6. The number of methoxy groups -OCH3 is 1. The molecule has 0 spiro atoms. The van der Waals surface area contributed by atoms with Crippen molar-refractivity contribution in [3.63, 3.8) is 0 Å². The van der Waals surface area contributed by atoms with Gasteiger partial charge in [0.1, 0.15) is 23.3 Å². The number of nitrogens with zero attached hydrogens (tertiary/aromatic N) is 3. The standard InChI is InChI=1S/C25H21N5O4/c1-33-18-11-7-16(8-12-18)23-28-25-27-22(31)15-21(30(25)29-23)24(32)26-17-9-13-20(14-10-17)34-19-5-3-2-4-6-19/h2-14,21H,15H2,1H3,(H,26,32)(H,27,28,29,31). The number of anilines is 2. The third-order valence-electron chi connectivity index (χ3n) is 5.31. The van der Waals surface area contributed by atoms with Gasteiger partial charge < -0.3 is 14.8 Å². The first-order valence-electron chi connectivity index (χ1n) is 10.6. The zero-order chi connectivity index (χ0) is 23.5. The van der Waals surface area contributed by atoms with E-state index < -0.39 is 6.04 Å². The first-order chi connectivity index (χ1) is 16.6. The molecule has 0 saturated heterocycles. The van der Waals surface area contributed by atoms with Crippen LogP contribution in [0.25, 0.3) is 11.4 Å². The summed E-state index contributed by atoms with van der Waals surface area (Å²) >= 11 is 0. The highest BCUT2D eigenvalue weighted by Gasteiger charge is 2.33. The van der Waals surface area contributed by atoms with Gasteiger partial charge in [-0.3, -0.25) is 14.9 Å². The summed E-state index contributed by atoms with van der Waals surface area (Å²) in [5.41, 5.74) is 1.32. The largest absolute Gasteiger partial charge is 0.497 e. The predicted molar refractivity (Wildman–Crippen MR) is 126 cm³/mol. The van der Waals surface area contributed by atoms with Crippen LogP contribution in [-0.4, -0.2) is 33.7 Å². The maximum Gasteiger partial charge on any atom is 0.249 e. The van der Waals surface area contributed by atoms with Crippen molar-refractivity contribution in [1.29, 1.82) is 0 Å². The van der Waals surface area contributed by atoms with E-state index >= 15 is 0 Å². The van der Waals surface area contributed by atoms with E-state index in [0.29, 0.717) is 23.0 Å². The van der Waals surface area contributed by atoms with Crippen molar-refractivity contribution in [1.82, 2.24) is 14.8 Å². The monoisotopic (exact) mass is 455 g/mol. The van der Waals surface area contributed by atoms with Gasteiger partial charge in [0.25, 0.3) is 0 Å². The van der Waals surface area contributed by atoms with E-state index in [2.05, 4.69) is 20.7 Å². The first-order valence-corrected chi connectivity index (χ1v) is 10.6. The van der Waals surface area contributed by atoms with Gasteiger partial charge >= 0.3 is 0 Å². The van der Waals surface area contributed by atoms with Crippen molar-refractivity contribution in [2.45, 2.75) is 12.5 Å². The average molecular weight is 455 g/mol. The van der Waals surface area contributed by atoms with Crippen molar-refractivity contribution in [2.75, 3.05) is 17.7 Å². The molecule has 9 heteroatoms. The number of carbonyl (C=O) groups is 2. The minimum Gasteiger partial charge on any atom is -0.497 e. The topological polar surface area (TPSA) is 107 Å². The van der Waals surface area contributed by atoms with E-state index in [1.165, 1.54) is 4.68 Å². The molecule has 170 valence electrons. The second-order valence-electron chi connectivity index (χ2n) is 7.63. The molecule has 1 atom stereocenters. The molecule has 1 aliphatic heterocycles. The van der Waals surface area contributed by atoms with Gasteiger partial charge in [-0.1, -0.05) is 18.2 Å². The summed E-state index contributed by atoms with van der Waals surface area (Å²) in [6.07, 6.45) is -0.0422. The van der Waals surface area contributed by atoms with E-state index in [-0.39, 0.29) is 24.2 Å². The summed E-state index contributed by atoms with van der Waals surface area (Å²) in [7, 11) is 1.59. The average Bonchev–Trinajstić information content (AvgIpc) is 3.29. The Morgan fingerprint density at radius 2 is 1.65 bits per heavy atom. The summed E-state index contributed by atoms with van der Waals surface area (Å²) in [6, 6.07) is 22.8. The van der Waals surface area contributed by atoms with Gasteiger partial charge in [-0.05, 0) is 60.7 Å². The van der Waals surface area contributed by atoms with Crippen LogP contribution < -0.4 is 20.1 Å². The summed E-state index contributed by atoms with van der Waals surface area (Å²) < 4.78 is 12.4. The van der Waals surface area contributed by atoms with Gasteiger partial charge in [0.2, 0.25) is 17.8 Å². The zero-order valence-corrected chi connectivity index (χ0v) is 18.3. The Morgan fingerprint density at radius 3 is 2.35 bits per heavy atom. The van der Waals surface area contributed by atoms with Crippen molar-refractivity contribution < 1.29 is 19.1 Å². The molecule has 3 aromatic carbocycles.